The van der Waals surface area contributed by atoms with Gasteiger partial charge in [0.05, 0.1) is 12.5 Å². The van der Waals surface area contributed by atoms with Gasteiger partial charge < -0.3 is 10.1 Å². The maximum absolute atomic E-state index is 12.5. The summed E-state index contributed by atoms with van der Waals surface area (Å²) in [5, 5.41) is 7.68. The first-order valence-electron chi connectivity index (χ1n) is 9.84. The van der Waals surface area contributed by atoms with Crippen molar-refractivity contribution in [2.24, 2.45) is 0 Å². The molecule has 1 aromatic heterocycles. The van der Waals surface area contributed by atoms with E-state index in [0.29, 0.717) is 24.8 Å². The molecule has 2 aliphatic rings. The molecule has 142 valence electrons. The maximum atomic E-state index is 12.5. The van der Waals surface area contributed by atoms with Gasteiger partial charge in [-0.3, -0.25) is 4.79 Å². The minimum absolute atomic E-state index is 0.0629. The topological polar surface area (TPSA) is 69.0 Å². The van der Waals surface area contributed by atoms with Crippen LogP contribution >= 0.6 is 0 Å². The summed E-state index contributed by atoms with van der Waals surface area (Å²) in [6.45, 7) is 0.426. The molecule has 0 bridgehead atoms. The Labute approximate surface area is 163 Å². The predicted octanol–water partition coefficient (Wildman–Crippen LogP) is 3.73. The van der Waals surface area contributed by atoms with Crippen molar-refractivity contribution in [3.63, 3.8) is 0 Å². The number of fused-ring (bicyclic) bond motifs is 2. The van der Waals surface area contributed by atoms with E-state index in [-0.39, 0.29) is 11.9 Å². The third-order valence-corrected chi connectivity index (χ3v) is 5.42. The summed E-state index contributed by atoms with van der Waals surface area (Å²) in [5.41, 5.74) is 3.61. The highest BCUT2D eigenvalue weighted by atomic mass is 16.5. The normalized spacial score (nSPS) is 18.1. The number of hydrogen-bond acceptors (Lipinski definition) is 5. The van der Waals surface area contributed by atoms with Crippen LogP contribution in [0.5, 0.6) is 5.75 Å². The van der Waals surface area contributed by atoms with Crippen molar-refractivity contribution in [1.29, 1.82) is 0 Å². The van der Waals surface area contributed by atoms with Crippen LogP contribution in [0, 0.1) is 0 Å². The van der Waals surface area contributed by atoms with E-state index in [0.717, 1.165) is 24.2 Å². The summed E-state index contributed by atoms with van der Waals surface area (Å²) < 4.78 is 7.49. The number of nitrogens with one attached hydrogen (secondary N) is 1. The molecule has 6 nitrogen and oxygen atoms in total. The smallest absolute Gasteiger partial charge is 0.252 e. The molecule has 2 aromatic carbocycles. The van der Waals surface area contributed by atoms with Crippen molar-refractivity contribution in [1.82, 2.24) is 14.8 Å². The van der Waals surface area contributed by atoms with Crippen LogP contribution in [-0.4, -0.2) is 33.3 Å². The Balaban J connectivity index is 1.32. The monoisotopic (exact) mass is 374 g/mol. The summed E-state index contributed by atoms with van der Waals surface area (Å²) in [5.74, 6) is 1.92. The van der Waals surface area contributed by atoms with Gasteiger partial charge >= 0.3 is 0 Å². The number of benzene rings is 2. The highest BCUT2D eigenvalue weighted by Gasteiger charge is 2.28. The van der Waals surface area contributed by atoms with E-state index in [1.54, 1.807) is 0 Å². The Morgan fingerprint density at radius 3 is 2.82 bits per heavy atom. The van der Waals surface area contributed by atoms with Crippen molar-refractivity contribution in [2.75, 3.05) is 11.9 Å². The first kappa shape index (κ1) is 17.0. The van der Waals surface area contributed by atoms with Gasteiger partial charge in [0.2, 0.25) is 5.95 Å². The van der Waals surface area contributed by atoms with Crippen LogP contribution in [0.1, 0.15) is 35.2 Å². The molecule has 1 aliphatic carbocycles. The van der Waals surface area contributed by atoms with Crippen molar-refractivity contribution in [3.05, 3.63) is 59.7 Å². The number of nitrogens with zero attached hydrogens (tertiary/aromatic N) is 3. The molecule has 6 heteroatoms. The lowest BCUT2D eigenvalue weighted by Gasteiger charge is -2.25. The third-order valence-electron chi connectivity index (χ3n) is 5.42. The molecule has 0 fully saturated rings. The summed E-state index contributed by atoms with van der Waals surface area (Å²) in [4.78, 5) is 17.1. The second kappa shape index (κ2) is 7.11. The lowest BCUT2D eigenvalue weighted by molar-refractivity contribution is 0.0861. The van der Waals surface area contributed by atoms with Gasteiger partial charge in [-0.05, 0) is 42.9 Å². The minimum atomic E-state index is -0.118. The first-order valence-corrected chi connectivity index (χ1v) is 9.84. The van der Waals surface area contributed by atoms with Crippen molar-refractivity contribution in [2.45, 2.75) is 38.1 Å². The highest BCUT2D eigenvalue weighted by molar-refractivity contribution is 5.84. The fraction of sp³-hybridized carbons (Fsp3) is 0.318. The van der Waals surface area contributed by atoms with Crippen LogP contribution in [-0.2, 0) is 12.8 Å². The molecule has 0 spiro atoms. The lowest BCUT2D eigenvalue weighted by Crippen LogP contribution is -2.38. The number of rotatable bonds is 4. The Kier molecular flexibility index (Phi) is 4.31. The standard InChI is InChI=1S/C22H22N4O2/c27-20-13-17(14-28-19-12-6-10-15-7-4-5-11-18(15)19)23-22-24-21(25-26(20)22)16-8-2-1-3-9-16/h1-3,6,8-10,12,17H,4-5,7,11,13-14H2,(H,23,24,25). The molecule has 1 atom stereocenters. The Morgan fingerprint density at radius 2 is 1.93 bits per heavy atom. The zero-order chi connectivity index (χ0) is 18.9. The second-order valence-corrected chi connectivity index (χ2v) is 7.39. The fourth-order valence-electron chi connectivity index (χ4n) is 3.99. The van der Waals surface area contributed by atoms with E-state index < -0.39 is 0 Å². The van der Waals surface area contributed by atoms with Crippen LogP contribution in [0.3, 0.4) is 0 Å². The SMILES string of the molecule is O=C1CC(COc2cccc3c2CCCC3)Nc2nc(-c3ccccc3)nn21. The van der Waals surface area contributed by atoms with E-state index in [9.17, 15) is 4.79 Å². The van der Waals surface area contributed by atoms with Crippen molar-refractivity contribution >= 4 is 11.9 Å². The van der Waals surface area contributed by atoms with E-state index in [4.69, 9.17) is 4.74 Å². The maximum Gasteiger partial charge on any atom is 0.252 e. The Hall–Kier alpha value is -3.15. The molecule has 0 saturated heterocycles. The number of anilines is 1. The number of carbonyl (C=O) groups is 1. The van der Waals surface area contributed by atoms with Crippen LogP contribution in [0.2, 0.25) is 0 Å². The van der Waals surface area contributed by atoms with Crippen LogP contribution in [0.25, 0.3) is 11.4 Å². The van der Waals surface area contributed by atoms with E-state index in [2.05, 4.69) is 27.5 Å². The molecule has 28 heavy (non-hydrogen) atoms. The van der Waals surface area contributed by atoms with E-state index in [1.807, 2.05) is 36.4 Å². The van der Waals surface area contributed by atoms with Gasteiger partial charge in [-0.15, -0.1) is 5.10 Å². The molecule has 0 amide bonds. The lowest BCUT2D eigenvalue weighted by atomic mass is 9.91. The fourth-order valence-corrected chi connectivity index (χ4v) is 3.99. The van der Waals surface area contributed by atoms with Gasteiger partial charge in [-0.2, -0.15) is 9.67 Å². The van der Waals surface area contributed by atoms with Crippen LogP contribution in [0.4, 0.5) is 5.95 Å². The number of hydrogen-bond donors (Lipinski definition) is 1. The first-order chi connectivity index (χ1) is 13.8. The quantitative estimate of drug-likeness (QED) is 0.754. The summed E-state index contributed by atoms with van der Waals surface area (Å²) in [6.07, 6.45) is 4.97. The second-order valence-electron chi connectivity index (χ2n) is 7.39. The number of aryl methyl sites for hydroxylation is 1. The number of aromatic nitrogens is 3. The zero-order valence-electron chi connectivity index (χ0n) is 15.6. The summed E-state index contributed by atoms with van der Waals surface area (Å²) >= 11 is 0. The average Bonchev–Trinajstić information content (AvgIpc) is 3.18. The molecular weight excluding hydrogens is 352 g/mol. The largest absolute Gasteiger partial charge is 0.491 e. The van der Waals surface area contributed by atoms with Gasteiger partial charge in [0.1, 0.15) is 12.4 Å². The van der Waals surface area contributed by atoms with Gasteiger partial charge in [-0.25, -0.2) is 0 Å². The van der Waals surface area contributed by atoms with Gasteiger partial charge in [0.25, 0.3) is 5.91 Å². The zero-order valence-corrected chi connectivity index (χ0v) is 15.6. The number of ether oxygens (including phenoxy) is 1. The molecule has 0 saturated carbocycles. The van der Waals surface area contributed by atoms with Gasteiger partial charge in [0, 0.05) is 5.56 Å². The molecule has 0 radical (unpaired) electrons. The third kappa shape index (κ3) is 3.15. The van der Waals surface area contributed by atoms with Crippen LogP contribution < -0.4 is 10.1 Å². The number of carbonyl (C=O) groups excluding carboxylic acids is 1. The summed E-state index contributed by atoms with van der Waals surface area (Å²) in [7, 11) is 0. The molecule has 3 aromatic rings. The van der Waals surface area contributed by atoms with E-state index in [1.165, 1.54) is 28.7 Å². The molecule has 1 aliphatic heterocycles. The molecule has 2 heterocycles. The average molecular weight is 374 g/mol. The van der Waals surface area contributed by atoms with Gasteiger partial charge in [0.15, 0.2) is 5.82 Å². The molecule has 5 rings (SSSR count). The summed E-state index contributed by atoms with van der Waals surface area (Å²) in [6, 6.07) is 15.8. The van der Waals surface area contributed by atoms with Crippen molar-refractivity contribution < 1.29 is 9.53 Å². The minimum Gasteiger partial charge on any atom is -0.491 e. The van der Waals surface area contributed by atoms with Crippen molar-refractivity contribution in [3.8, 4) is 17.1 Å². The molecule has 1 N–H and O–H groups in total. The van der Waals surface area contributed by atoms with Crippen LogP contribution in [0.15, 0.2) is 48.5 Å². The molecular formula is C22H22N4O2. The Bertz CT molecular complexity index is 1010. The van der Waals surface area contributed by atoms with Gasteiger partial charge in [-0.1, -0.05) is 42.5 Å². The Morgan fingerprint density at radius 1 is 1.07 bits per heavy atom. The van der Waals surface area contributed by atoms with E-state index >= 15 is 0 Å². The molecule has 1 unspecified atom stereocenters. The predicted molar refractivity (Wildman–Crippen MR) is 107 cm³/mol. The highest BCUT2D eigenvalue weighted by Crippen LogP contribution is 2.30.